The first-order valence-corrected chi connectivity index (χ1v) is 13.6. The van der Waals surface area contributed by atoms with Gasteiger partial charge in [-0.25, -0.2) is 0 Å². The molecule has 0 aliphatic heterocycles. The van der Waals surface area contributed by atoms with Gasteiger partial charge < -0.3 is 14.2 Å². The van der Waals surface area contributed by atoms with Crippen molar-refractivity contribution in [3.8, 4) is 11.5 Å². The van der Waals surface area contributed by atoms with Gasteiger partial charge in [-0.05, 0) is 79.9 Å². The van der Waals surface area contributed by atoms with Crippen molar-refractivity contribution < 1.29 is 28.7 Å². The fraction of sp³-hybridized carbons (Fsp3) is 0.600. The predicted molar refractivity (Wildman–Crippen MR) is 141 cm³/mol. The largest absolute Gasteiger partial charge is 0.493 e. The van der Waals surface area contributed by atoms with Gasteiger partial charge in [-0.2, -0.15) is 0 Å². The first-order chi connectivity index (χ1) is 18.1. The lowest BCUT2D eigenvalue weighted by Gasteiger charge is -2.56. The highest BCUT2D eigenvalue weighted by atomic mass is 16.6. The van der Waals surface area contributed by atoms with Crippen LogP contribution in [0.1, 0.15) is 57.9 Å². The predicted octanol–water partition coefficient (Wildman–Crippen LogP) is 5.62. The molecular weight excluding hydrogens is 486 g/mol. The van der Waals surface area contributed by atoms with Gasteiger partial charge in [0.2, 0.25) is 0 Å². The minimum absolute atomic E-state index is 0.0571. The maximum atomic E-state index is 13.5. The quantitative estimate of drug-likeness (QED) is 0.322. The van der Waals surface area contributed by atoms with E-state index >= 15 is 0 Å². The number of hydrogen-bond donors (Lipinski definition) is 0. The van der Waals surface area contributed by atoms with E-state index in [4.69, 9.17) is 14.2 Å². The molecule has 0 unspecified atom stereocenters. The average Bonchev–Trinajstić information content (AvgIpc) is 3.25. The molecule has 1 aromatic rings. The fourth-order valence-corrected chi connectivity index (χ4v) is 8.28. The van der Waals surface area contributed by atoms with E-state index in [1.54, 1.807) is 6.08 Å². The average molecular weight is 524 g/mol. The second-order valence-corrected chi connectivity index (χ2v) is 11.8. The van der Waals surface area contributed by atoms with Crippen LogP contribution < -0.4 is 9.47 Å². The van der Waals surface area contributed by atoms with E-state index in [-0.39, 0.29) is 53.0 Å². The van der Waals surface area contributed by atoms with Crippen molar-refractivity contribution in [2.45, 2.75) is 59.0 Å². The minimum atomic E-state index is -0.480. The lowest BCUT2D eigenvalue weighted by Crippen LogP contribution is -2.50. The zero-order valence-electron chi connectivity index (χ0n) is 22.7. The number of methoxy groups -OCH3 is 2. The molecule has 6 atom stereocenters. The van der Waals surface area contributed by atoms with E-state index in [1.807, 2.05) is 6.08 Å². The van der Waals surface area contributed by atoms with Crippen LogP contribution in [-0.2, 0) is 20.9 Å². The molecule has 0 heterocycles. The monoisotopic (exact) mass is 523 g/mol. The van der Waals surface area contributed by atoms with Gasteiger partial charge in [-0.1, -0.05) is 25.5 Å². The highest BCUT2D eigenvalue weighted by Crippen LogP contribution is 2.66. The third-order valence-corrected chi connectivity index (χ3v) is 10.2. The van der Waals surface area contributed by atoms with Crippen LogP contribution in [0.25, 0.3) is 0 Å². The van der Waals surface area contributed by atoms with Crippen molar-refractivity contribution >= 4 is 17.3 Å². The number of rotatable bonds is 8. The van der Waals surface area contributed by atoms with Crippen LogP contribution in [0.2, 0.25) is 0 Å². The van der Waals surface area contributed by atoms with Crippen LogP contribution >= 0.6 is 0 Å². The Hall–Kier alpha value is -3.00. The smallest absolute Gasteiger partial charge is 0.278 e. The third-order valence-electron chi connectivity index (χ3n) is 10.2. The van der Waals surface area contributed by atoms with Gasteiger partial charge in [-0.3, -0.25) is 19.7 Å². The molecule has 0 N–H and O–H groups in total. The molecule has 3 fully saturated rings. The number of nitrogens with zero attached hydrogens (tertiary/aromatic N) is 1. The normalized spacial score (nSPS) is 33.6. The molecule has 0 aromatic heterocycles. The number of Topliss-reactive ketones (excluding diaryl/α,β-unsaturated/α-hetero) is 1. The summed E-state index contributed by atoms with van der Waals surface area (Å²) in [4.78, 5) is 36.6. The van der Waals surface area contributed by atoms with E-state index in [1.165, 1.54) is 31.9 Å². The number of benzene rings is 1. The van der Waals surface area contributed by atoms with Crippen molar-refractivity contribution in [3.05, 3.63) is 51.6 Å². The van der Waals surface area contributed by atoms with Crippen molar-refractivity contribution in [1.29, 1.82) is 0 Å². The summed E-state index contributed by atoms with van der Waals surface area (Å²) < 4.78 is 16.3. The zero-order valence-corrected chi connectivity index (χ0v) is 22.7. The molecule has 204 valence electrons. The molecule has 4 aliphatic rings. The molecule has 3 saturated carbocycles. The highest BCUT2D eigenvalue weighted by molar-refractivity contribution is 6.01. The highest BCUT2D eigenvalue weighted by Gasteiger charge is 2.59. The molecule has 5 rings (SSSR count). The number of nitro groups is 1. The second-order valence-electron chi connectivity index (χ2n) is 11.8. The Morgan fingerprint density at radius 2 is 1.82 bits per heavy atom. The first kappa shape index (κ1) is 26.6. The lowest BCUT2D eigenvalue weighted by atomic mass is 9.47. The Labute approximate surface area is 223 Å². The number of ketones is 2. The molecule has 8 nitrogen and oxygen atoms in total. The molecule has 0 spiro atoms. The number of hydrogen-bond acceptors (Lipinski definition) is 7. The van der Waals surface area contributed by atoms with Crippen LogP contribution in [0.3, 0.4) is 0 Å². The van der Waals surface area contributed by atoms with Gasteiger partial charge >= 0.3 is 0 Å². The number of nitro benzene ring substituents is 1. The lowest BCUT2D eigenvalue weighted by molar-refractivity contribution is -0.386. The minimum Gasteiger partial charge on any atom is -0.493 e. The Bertz CT molecular complexity index is 1220. The maximum absolute atomic E-state index is 13.5. The fourth-order valence-electron chi connectivity index (χ4n) is 8.28. The number of carbonyl (C=O) groups excluding carboxylic acids is 2. The zero-order chi connectivity index (χ0) is 27.2. The summed E-state index contributed by atoms with van der Waals surface area (Å²) in [7, 11) is 2.90. The van der Waals surface area contributed by atoms with E-state index in [2.05, 4.69) is 19.9 Å². The molecule has 0 bridgehead atoms. The molecule has 38 heavy (non-hydrogen) atoms. The molecule has 0 amide bonds. The number of ether oxygens (including phenoxy) is 3. The molecule has 4 aliphatic carbocycles. The van der Waals surface area contributed by atoms with Crippen LogP contribution in [0, 0.1) is 44.6 Å². The first-order valence-electron chi connectivity index (χ1n) is 13.6. The maximum Gasteiger partial charge on any atom is 0.278 e. The number of allylic oxidation sites excluding steroid dienone is 4. The number of fused-ring (bicyclic) bond motifs is 5. The summed E-state index contributed by atoms with van der Waals surface area (Å²) in [5, 5.41) is 11.6. The second kappa shape index (κ2) is 9.95. The third kappa shape index (κ3) is 4.27. The molecule has 1 aromatic carbocycles. The van der Waals surface area contributed by atoms with E-state index in [0.717, 1.165) is 38.5 Å². The van der Waals surface area contributed by atoms with Gasteiger partial charge in [-0.15, -0.1) is 0 Å². The topological polar surface area (TPSA) is 105 Å². The summed E-state index contributed by atoms with van der Waals surface area (Å²) in [6, 6.07) is 2.86. The molecule has 0 radical (unpaired) electrons. The van der Waals surface area contributed by atoms with E-state index in [9.17, 15) is 19.7 Å². The van der Waals surface area contributed by atoms with Gasteiger partial charge in [0.05, 0.1) is 37.4 Å². The number of carbonyl (C=O) groups is 2. The van der Waals surface area contributed by atoms with Crippen molar-refractivity contribution in [3.63, 3.8) is 0 Å². The van der Waals surface area contributed by atoms with Crippen LogP contribution in [0.15, 0.2) is 35.9 Å². The summed E-state index contributed by atoms with van der Waals surface area (Å²) in [5.41, 5.74) is 1.37. The molecule has 8 heteroatoms. The summed E-state index contributed by atoms with van der Waals surface area (Å²) in [6.45, 7) is 4.46. The summed E-state index contributed by atoms with van der Waals surface area (Å²) >= 11 is 0. The van der Waals surface area contributed by atoms with E-state index in [0.29, 0.717) is 29.1 Å². The van der Waals surface area contributed by atoms with Gasteiger partial charge in [0.15, 0.2) is 23.1 Å². The Morgan fingerprint density at radius 3 is 2.53 bits per heavy atom. The van der Waals surface area contributed by atoms with Gasteiger partial charge in [0, 0.05) is 11.3 Å². The van der Waals surface area contributed by atoms with Crippen LogP contribution in [0.4, 0.5) is 5.69 Å². The van der Waals surface area contributed by atoms with Gasteiger partial charge in [0.1, 0.15) is 6.61 Å². The molecule has 0 saturated heterocycles. The van der Waals surface area contributed by atoms with Crippen LogP contribution in [-0.4, -0.2) is 37.3 Å². The summed E-state index contributed by atoms with van der Waals surface area (Å²) in [6.07, 6.45) is 11.7. The molecular formula is C30H37NO7. The Balaban J connectivity index is 1.27. The van der Waals surface area contributed by atoms with E-state index < -0.39 is 4.92 Å². The standard InChI is InChI=1S/C30H37NO7/c1-29-11-9-20(32)14-19(29)5-6-21-22-7-8-24(30(22,2)12-10-23(21)29)26(33)17-38-16-18-13-27(36-3)28(37-4)15-25(18)31(34)35/h9,11,13-15,21-24H,5-8,10,12,16-17H2,1-4H3/t21-,22-,23-,24+,29-,30-/m0/s1. The Morgan fingerprint density at radius 1 is 1.08 bits per heavy atom. The van der Waals surface area contributed by atoms with Crippen molar-refractivity contribution in [1.82, 2.24) is 0 Å². The SMILES string of the molecule is COc1cc(COCC(=O)[C@H]2CC[C@H]3[C@@H]4CCC5=CC(=O)C=C[C@]5(C)[C@H]4CC[C@]23C)c([N+](=O)[O-])cc1OC. The van der Waals surface area contributed by atoms with Gasteiger partial charge in [0.25, 0.3) is 5.69 Å². The Kier molecular flexibility index (Phi) is 6.97. The summed E-state index contributed by atoms with van der Waals surface area (Å²) in [5.74, 6) is 2.29. The van der Waals surface area contributed by atoms with Crippen molar-refractivity contribution in [2.75, 3.05) is 20.8 Å². The van der Waals surface area contributed by atoms with Crippen molar-refractivity contribution in [2.24, 2.45) is 34.5 Å². The van der Waals surface area contributed by atoms with Crippen LogP contribution in [0.5, 0.6) is 11.5 Å².